The van der Waals surface area contributed by atoms with Gasteiger partial charge in [0.05, 0.1) is 7.11 Å². The van der Waals surface area contributed by atoms with Crippen LogP contribution in [-0.2, 0) is 19.0 Å². The van der Waals surface area contributed by atoms with Crippen LogP contribution in [0.5, 0.6) is 0 Å². The summed E-state index contributed by atoms with van der Waals surface area (Å²) in [4.78, 5) is 40.6. The summed E-state index contributed by atoms with van der Waals surface area (Å²) in [7, 11) is -1.44. The maximum atomic E-state index is 13.3. The van der Waals surface area contributed by atoms with Gasteiger partial charge in [0, 0.05) is 0 Å². The van der Waals surface area contributed by atoms with Gasteiger partial charge >= 0.3 is 18.2 Å². The molecule has 0 N–H and O–H groups in total. The number of imide groups is 1. The first-order valence-electron chi connectivity index (χ1n) is 11.6. The lowest BCUT2D eigenvalue weighted by Crippen LogP contribution is -2.62. The maximum absolute atomic E-state index is 13.3. The van der Waals surface area contributed by atoms with Crippen LogP contribution < -0.4 is 10.4 Å². The zero-order valence-corrected chi connectivity index (χ0v) is 23.0. The number of carbonyl (C=O) groups is 3. The van der Waals surface area contributed by atoms with Crippen LogP contribution in [-0.4, -0.2) is 55.5 Å². The second-order valence-electron chi connectivity index (χ2n) is 10.6. The second kappa shape index (κ2) is 11.1. The van der Waals surface area contributed by atoms with Crippen molar-refractivity contribution in [1.29, 1.82) is 0 Å². The highest BCUT2D eigenvalue weighted by molar-refractivity contribution is 7.01. The van der Waals surface area contributed by atoms with E-state index < -0.39 is 43.5 Å². The van der Waals surface area contributed by atoms with E-state index in [-0.39, 0.29) is 6.04 Å². The maximum Gasteiger partial charge on any atom is 0.420 e. The van der Waals surface area contributed by atoms with E-state index in [0.717, 1.165) is 15.3 Å². The van der Waals surface area contributed by atoms with Gasteiger partial charge < -0.3 is 14.2 Å². The van der Waals surface area contributed by atoms with Crippen LogP contribution in [0.1, 0.15) is 41.5 Å². The van der Waals surface area contributed by atoms with Crippen LogP contribution >= 0.6 is 0 Å². The fourth-order valence-electron chi connectivity index (χ4n) is 3.77. The fourth-order valence-corrected chi connectivity index (χ4v) is 7.55. The normalized spacial score (nSPS) is 12.9. The Labute approximate surface area is 209 Å². The predicted octanol–water partition coefficient (Wildman–Crippen LogP) is 4.59. The van der Waals surface area contributed by atoms with Crippen LogP contribution in [0.3, 0.4) is 0 Å². The molecule has 1 unspecified atom stereocenters. The quantitative estimate of drug-likeness (QED) is 0.328. The van der Waals surface area contributed by atoms with Gasteiger partial charge in [0.1, 0.15) is 25.3 Å². The van der Waals surface area contributed by atoms with Crippen molar-refractivity contribution < 1.29 is 28.6 Å². The van der Waals surface area contributed by atoms with Crippen molar-refractivity contribution in [2.45, 2.75) is 71.4 Å². The average molecular weight is 500 g/mol. The predicted molar refractivity (Wildman–Crippen MR) is 139 cm³/mol. The van der Waals surface area contributed by atoms with Crippen molar-refractivity contribution in [3.8, 4) is 0 Å². The highest BCUT2D eigenvalue weighted by Gasteiger charge is 2.46. The third-order valence-electron chi connectivity index (χ3n) is 5.39. The number of hydrogen-bond donors (Lipinski definition) is 0. The number of ether oxygens (including phenoxy) is 3. The molecule has 0 aliphatic carbocycles. The van der Waals surface area contributed by atoms with Gasteiger partial charge in [-0.25, -0.2) is 14.4 Å². The van der Waals surface area contributed by atoms with Crippen LogP contribution in [0, 0.1) is 0 Å². The molecule has 0 fully saturated rings. The summed E-state index contributed by atoms with van der Waals surface area (Å²) >= 11 is 0. The highest BCUT2D eigenvalue weighted by atomic mass is 28.3. The van der Waals surface area contributed by atoms with Crippen LogP contribution in [0.25, 0.3) is 0 Å². The lowest BCUT2D eigenvalue weighted by atomic mass is 10.2. The van der Waals surface area contributed by atoms with Gasteiger partial charge in [0.15, 0.2) is 0 Å². The molecule has 0 bridgehead atoms. The van der Waals surface area contributed by atoms with Gasteiger partial charge in [-0.3, -0.25) is 0 Å². The van der Waals surface area contributed by atoms with Gasteiger partial charge in [0.2, 0.25) is 0 Å². The summed E-state index contributed by atoms with van der Waals surface area (Å²) in [5, 5.41) is 2.10. The Hall–Kier alpha value is -3.13. The number of rotatable bonds is 6. The molecule has 8 heteroatoms. The molecule has 0 spiro atoms. The van der Waals surface area contributed by atoms with Crippen molar-refractivity contribution >= 4 is 36.6 Å². The summed E-state index contributed by atoms with van der Waals surface area (Å²) in [6.45, 7) is 12.3. The fraction of sp³-hybridized carbons (Fsp3) is 0.444. The molecule has 190 valence electrons. The van der Waals surface area contributed by atoms with E-state index in [9.17, 15) is 14.4 Å². The van der Waals surface area contributed by atoms with E-state index in [4.69, 9.17) is 14.2 Å². The second-order valence-corrected chi connectivity index (χ2v) is 14.9. The highest BCUT2D eigenvalue weighted by Crippen LogP contribution is 2.24. The molecule has 2 amide bonds. The summed E-state index contributed by atoms with van der Waals surface area (Å²) in [5.41, 5.74) is -1.78. The molecule has 0 saturated carbocycles. The van der Waals surface area contributed by atoms with Gasteiger partial charge in [-0.15, -0.1) is 0 Å². The Balaban J connectivity index is 2.66. The Morgan fingerprint density at radius 1 is 0.771 bits per heavy atom. The minimum Gasteiger partial charge on any atom is -0.467 e. The third-order valence-corrected chi connectivity index (χ3v) is 9.81. The standard InChI is InChI=1S/C27H37NO6Si/c1-26(2,3)33-24(30)28(25(31)34-27(4,5)6)22(23(29)32-7)19-35(8,20-15-11-9-12-16-20)21-17-13-10-14-18-21/h9-18,22H,19H2,1-8H3. The van der Waals surface area contributed by atoms with Crippen LogP contribution in [0.4, 0.5) is 9.59 Å². The average Bonchev–Trinajstić information content (AvgIpc) is 2.76. The van der Waals surface area contributed by atoms with Crippen LogP contribution in [0.2, 0.25) is 12.6 Å². The minimum absolute atomic E-state index is 0.187. The molecule has 2 rings (SSSR count). The number of methoxy groups -OCH3 is 1. The first kappa shape index (κ1) is 28.1. The van der Waals surface area contributed by atoms with Crippen LogP contribution in [0.15, 0.2) is 60.7 Å². The molecule has 0 aliphatic heterocycles. The molecule has 35 heavy (non-hydrogen) atoms. The van der Waals surface area contributed by atoms with E-state index in [0.29, 0.717) is 0 Å². The first-order chi connectivity index (χ1) is 16.2. The largest absolute Gasteiger partial charge is 0.467 e. The van der Waals surface area contributed by atoms with Crippen molar-refractivity contribution in [3.63, 3.8) is 0 Å². The molecule has 2 aromatic rings. The number of nitrogens with zero attached hydrogens (tertiary/aromatic N) is 1. The SMILES string of the molecule is COC(=O)C(C[Si](C)(c1ccccc1)c1ccccc1)N(C(=O)OC(C)(C)C)C(=O)OC(C)(C)C. The summed E-state index contributed by atoms with van der Waals surface area (Å²) in [6.07, 6.45) is -1.92. The van der Waals surface area contributed by atoms with E-state index in [1.807, 2.05) is 60.7 Å². The Kier molecular flexibility index (Phi) is 8.89. The van der Waals surface area contributed by atoms with Gasteiger partial charge in [-0.1, -0.05) is 77.6 Å². The molecular formula is C27H37NO6Si. The van der Waals surface area contributed by atoms with E-state index in [1.165, 1.54) is 7.11 Å². The summed E-state index contributed by atoms with van der Waals surface area (Å²) in [6, 6.07) is 18.6. The van der Waals surface area contributed by atoms with E-state index >= 15 is 0 Å². The molecular weight excluding hydrogens is 462 g/mol. The van der Waals surface area contributed by atoms with Gasteiger partial charge in [-0.2, -0.15) is 4.90 Å². The van der Waals surface area contributed by atoms with Crippen molar-refractivity contribution in [1.82, 2.24) is 4.90 Å². The number of benzene rings is 2. The smallest absolute Gasteiger partial charge is 0.420 e. The monoisotopic (exact) mass is 499 g/mol. The third kappa shape index (κ3) is 7.68. The van der Waals surface area contributed by atoms with Crippen molar-refractivity contribution in [2.75, 3.05) is 7.11 Å². The van der Waals surface area contributed by atoms with Crippen molar-refractivity contribution in [3.05, 3.63) is 60.7 Å². The molecule has 7 nitrogen and oxygen atoms in total. The van der Waals surface area contributed by atoms with E-state index in [1.54, 1.807) is 41.5 Å². The molecule has 0 heterocycles. The van der Waals surface area contributed by atoms with E-state index in [2.05, 4.69) is 6.55 Å². The molecule has 0 aliphatic rings. The Morgan fingerprint density at radius 2 is 1.14 bits per heavy atom. The van der Waals surface area contributed by atoms with Crippen molar-refractivity contribution in [2.24, 2.45) is 0 Å². The topological polar surface area (TPSA) is 82.1 Å². The minimum atomic E-state index is -2.67. The van der Waals surface area contributed by atoms with Gasteiger partial charge in [-0.05, 0) is 47.6 Å². The molecule has 1 atom stereocenters. The lowest BCUT2D eigenvalue weighted by Gasteiger charge is -2.37. The molecule has 0 saturated heterocycles. The summed E-state index contributed by atoms with van der Waals surface area (Å²) in [5.74, 6) is -0.715. The number of esters is 1. The Bertz CT molecular complexity index is 944. The zero-order valence-electron chi connectivity index (χ0n) is 22.0. The molecule has 0 aromatic heterocycles. The number of hydrogen-bond acceptors (Lipinski definition) is 6. The Morgan fingerprint density at radius 3 is 1.46 bits per heavy atom. The number of carbonyl (C=O) groups excluding carboxylic acids is 3. The van der Waals surface area contributed by atoms with Gasteiger partial charge in [0.25, 0.3) is 0 Å². The molecule has 2 aromatic carbocycles. The first-order valence-corrected chi connectivity index (χ1v) is 14.3. The molecule has 0 radical (unpaired) electrons. The zero-order chi connectivity index (χ0) is 26.4. The summed E-state index contributed by atoms with van der Waals surface area (Å²) < 4.78 is 16.2. The number of amides is 2. The lowest BCUT2D eigenvalue weighted by molar-refractivity contribution is -0.146.